The number of imidazole rings is 1. The Labute approximate surface area is 168 Å². The first kappa shape index (κ1) is 18.5. The van der Waals surface area contributed by atoms with Gasteiger partial charge in [-0.3, -0.25) is 0 Å². The lowest BCUT2D eigenvalue weighted by Gasteiger charge is -2.04. The fraction of sp³-hybridized carbons (Fsp3) is 0.269. The van der Waals surface area contributed by atoms with Crippen molar-refractivity contribution in [2.24, 2.45) is 0 Å². The van der Waals surface area contributed by atoms with E-state index < -0.39 is 0 Å². The van der Waals surface area contributed by atoms with E-state index >= 15 is 0 Å². The lowest BCUT2D eigenvalue weighted by molar-refractivity contribution is -0.663. The van der Waals surface area contributed by atoms with E-state index in [0.29, 0.717) is 0 Å². The molecule has 1 heterocycles. The van der Waals surface area contributed by atoms with Crippen molar-refractivity contribution in [2.45, 2.75) is 47.7 Å². The minimum absolute atomic E-state index is 0.891. The summed E-state index contributed by atoms with van der Waals surface area (Å²) in [7, 11) is 0. The molecule has 0 saturated carbocycles. The summed E-state index contributed by atoms with van der Waals surface area (Å²) in [5.74, 6) is 0. The van der Waals surface area contributed by atoms with E-state index in [1.165, 1.54) is 50.0 Å². The van der Waals surface area contributed by atoms with Gasteiger partial charge in [-0.25, -0.2) is 9.13 Å². The van der Waals surface area contributed by atoms with Crippen molar-refractivity contribution < 1.29 is 4.57 Å². The number of benzene rings is 3. The fourth-order valence-corrected chi connectivity index (χ4v) is 4.12. The van der Waals surface area contributed by atoms with Gasteiger partial charge in [0, 0.05) is 0 Å². The van der Waals surface area contributed by atoms with Crippen molar-refractivity contribution in [3.05, 3.63) is 99.9 Å². The molecule has 0 aliphatic rings. The van der Waals surface area contributed by atoms with Gasteiger partial charge in [0.15, 0.2) is 11.0 Å². The first-order valence-electron chi connectivity index (χ1n) is 10.0. The predicted octanol–water partition coefficient (Wildman–Crippen LogP) is 5.57. The molecule has 2 heteroatoms. The maximum absolute atomic E-state index is 2.40. The zero-order valence-corrected chi connectivity index (χ0v) is 17.6. The number of aryl methyl sites for hydroxylation is 5. The summed E-state index contributed by atoms with van der Waals surface area (Å²) >= 11 is 0. The van der Waals surface area contributed by atoms with Crippen LogP contribution in [0.2, 0.25) is 0 Å². The van der Waals surface area contributed by atoms with Gasteiger partial charge < -0.3 is 0 Å². The SMILES string of the molecule is Cc1cc(C)cc(C[n+]2cn(Cc3ccccc3C)c3cc(C)c(C)cc32)c1. The quantitative estimate of drug-likeness (QED) is 0.416. The molecule has 0 aliphatic carbocycles. The Kier molecular flexibility index (Phi) is 4.80. The number of rotatable bonds is 4. The van der Waals surface area contributed by atoms with Crippen molar-refractivity contribution in [2.75, 3.05) is 0 Å². The van der Waals surface area contributed by atoms with Crippen molar-refractivity contribution >= 4 is 11.0 Å². The van der Waals surface area contributed by atoms with Crippen LogP contribution in [0.25, 0.3) is 11.0 Å². The van der Waals surface area contributed by atoms with Gasteiger partial charge in [-0.1, -0.05) is 53.6 Å². The highest BCUT2D eigenvalue weighted by atomic mass is 15.1. The molecule has 28 heavy (non-hydrogen) atoms. The summed E-state index contributed by atoms with van der Waals surface area (Å²) in [6, 6.07) is 20.2. The number of hydrogen-bond donors (Lipinski definition) is 0. The zero-order valence-electron chi connectivity index (χ0n) is 17.6. The monoisotopic (exact) mass is 369 g/mol. The molecular formula is C26H29N2+. The smallest absolute Gasteiger partial charge is 0.226 e. The summed E-state index contributed by atoms with van der Waals surface area (Å²) in [5.41, 5.74) is 12.0. The molecule has 4 aromatic rings. The highest BCUT2D eigenvalue weighted by Gasteiger charge is 2.18. The summed E-state index contributed by atoms with van der Waals surface area (Å²) < 4.78 is 4.79. The first-order valence-corrected chi connectivity index (χ1v) is 10.0. The third-order valence-corrected chi connectivity index (χ3v) is 5.72. The molecule has 0 unspecified atom stereocenters. The molecule has 1 aromatic heterocycles. The molecule has 0 atom stereocenters. The minimum atomic E-state index is 0.891. The molecule has 0 saturated heterocycles. The van der Waals surface area contributed by atoms with Crippen LogP contribution in [-0.2, 0) is 13.1 Å². The average molecular weight is 370 g/mol. The summed E-state index contributed by atoms with van der Waals surface area (Å²) in [6.45, 7) is 12.7. The van der Waals surface area contributed by atoms with Crippen LogP contribution in [0.4, 0.5) is 0 Å². The number of hydrogen-bond acceptors (Lipinski definition) is 0. The third kappa shape index (κ3) is 3.60. The van der Waals surface area contributed by atoms with Gasteiger partial charge >= 0.3 is 0 Å². The van der Waals surface area contributed by atoms with E-state index in [2.05, 4.69) is 105 Å². The zero-order chi connectivity index (χ0) is 19.8. The molecule has 0 fully saturated rings. The largest absolute Gasteiger partial charge is 0.245 e. The molecule has 0 radical (unpaired) electrons. The molecule has 0 N–H and O–H groups in total. The molecular weight excluding hydrogens is 340 g/mol. The highest BCUT2D eigenvalue weighted by molar-refractivity contribution is 5.74. The molecule has 0 aliphatic heterocycles. The number of fused-ring (bicyclic) bond motifs is 1. The van der Waals surface area contributed by atoms with Crippen LogP contribution in [0.3, 0.4) is 0 Å². The predicted molar refractivity (Wildman–Crippen MR) is 117 cm³/mol. The number of aromatic nitrogens is 2. The van der Waals surface area contributed by atoms with E-state index in [0.717, 1.165) is 13.1 Å². The second kappa shape index (κ2) is 7.27. The molecule has 142 valence electrons. The summed E-state index contributed by atoms with van der Waals surface area (Å²) in [6.07, 6.45) is 2.29. The van der Waals surface area contributed by atoms with Crippen molar-refractivity contribution in [3.8, 4) is 0 Å². The van der Waals surface area contributed by atoms with E-state index in [4.69, 9.17) is 0 Å². The lowest BCUT2D eigenvalue weighted by atomic mass is 10.1. The van der Waals surface area contributed by atoms with E-state index in [-0.39, 0.29) is 0 Å². The Morgan fingerprint density at radius 1 is 0.750 bits per heavy atom. The molecule has 0 spiro atoms. The summed E-state index contributed by atoms with van der Waals surface area (Å²) in [5, 5.41) is 0. The van der Waals surface area contributed by atoms with Crippen LogP contribution in [0.1, 0.15) is 38.9 Å². The fourth-order valence-electron chi connectivity index (χ4n) is 4.12. The van der Waals surface area contributed by atoms with E-state index in [9.17, 15) is 0 Å². The van der Waals surface area contributed by atoms with Gasteiger partial charge in [-0.05, 0) is 74.6 Å². The highest BCUT2D eigenvalue weighted by Crippen LogP contribution is 2.20. The van der Waals surface area contributed by atoms with E-state index in [1.807, 2.05) is 0 Å². The third-order valence-electron chi connectivity index (χ3n) is 5.72. The van der Waals surface area contributed by atoms with Crippen molar-refractivity contribution in [1.29, 1.82) is 0 Å². The first-order chi connectivity index (χ1) is 13.4. The van der Waals surface area contributed by atoms with Crippen LogP contribution in [0.5, 0.6) is 0 Å². The Morgan fingerprint density at radius 3 is 2.14 bits per heavy atom. The maximum Gasteiger partial charge on any atom is 0.245 e. The Bertz CT molecular complexity index is 1140. The van der Waals surface area contributed by atoms with Crippen LogP contribution < -0.4 is 4.57 Å². The molecule has 0 bridgehead atoms. The second-order valence-electron chi connectivity index (χ2n) is 8.22. The molecule has 3 aromatic carbocycles. The van der Waals surface area contributed by atoms with Crippen LogP contribution in [0, 0.1) is 34.6 Å². The Balaban J connectivity index is 1.82. The van der Waals surface area contributed by atoms with Gasteiger partial charge in [0.1, 0.15) is 13.1 Å². The van der Waals surface area contributed by atoms with Crippen LogP contribution in [-0.4, -0.2) is 4.57 Å². The van der Waals surface area contributed by atoms with Crippen molar-refractivity contribution in [1.82, 2.24) is 4.57 Å². The Morgan fingerprint density at radius 2 is 1.43 bits per heavy atom. The lowest BCUT2D eigenvalue weighted by Crippen LogP contribution is -2.33. The van der Waals surface area contributed by atoms with Gasteiger partial charge in [0.05, 0.1) is 0 Å². The van der Waals surface area contributed by atoms with Crippen LogP contribution in [0.15, 0.2) is 60.9 Å². The molecule has 2 nitrogen and oxygen atoms in total. The maximum atomic E-state index is 2.40. The van der Waals surface area contributed by atoms with Crippen molar-refractivity contribution in [3.63, 3.8) is 0 Å². The van der Waals surface area contributed by atoms with Gasteiger partial charge in [-0.2, -0.15) is 0 Å². The topological polar surface area (TPSA) is 8.81 Å². The van der Waals surface area contributed by atoms with Gasteiger partial charge in [-0.15, -0.1) is 0 Å². The standard InChI is InChI=1S/C26H29N2/c1-18-10-19(2)12-23(11-18)15-27-17-28(16-24-9-7-6-8-20(24)3)26-14-22(5)21(4)13-25(26)27/h6-14,17H,15-16H2,1-5H3/q+1. The minimum Gasteiger partial charge on any atom is -0.226 e. The normalized spacial score (nSPS) is 11.3. The molecule has 0 amide bonds. The second-order valence-corrected chi connectivity index (χ2v) is 8.22. The van der Waals surface area contributed by atoms with Gasteiger partial charge in [0.25, 0.3) is 0 Å². The Hall–Kier alpha value is -2.87. The van der Waals surface area contributed by atoms with Crippen LogP contribution >= 0.6 is 0 Å². The summed E-state index contributed by atoms with van der Waals surface area (Å²) in [4.78, 5) is 0. The van der Waals surface area contributed by atoms with E-state index in [1.54, 1.807) is 0 Å². The number of nitrogens with zero attached hydrogens (tertiary/aromatic N) is 2. The van der Waals surface area contributed by atoms with Gasteiger partial charge in [0.2, 0.25) is 6.33 Å². The molecule has 4 rings (SSSR count). The average Bonchev–Trinajstić information content (AvgIpc) is 2.93.